The minimum Gasteiger partial charge on any atom is -0.393 e. The fraction of sp³-hybridized carbons (Fsp3) is 0.625. The molecule has 3 aliphatic heterocycles. The Morgan fingerprint density at radius 3 is 2.63 bits per heavy atom. The Morgan fingerprint density at radius 2 is 1.89 bits per heavy atom. The Kier molecular flexibility index (Phi) is 3.09. The van der Waals surface area contributed by atoms with Crippen LogP contribution in [0.4, 0.5) is 0 Å². The highest BCUT2D eigenvalue weighted by Gasteiger charge is 2.41. The number of aliphatic hydroxyl groups excluding tert-OH is 1. The van der Waals surface area contributed by atoms with E-state index < -0.39 is 0 Å². The van der Waals surface area contributed by atoms with Gasteiger partial charge in [-0.2, -0.15) is 0 Å². The molecular weight excluding hydrogens is 254 g/mol. The van der Waals surface area contributed by atoms with Crippen molar-refractivity contribution in [3.05, 3.63) is 29.8 Å². The lowest BCUT2D eigenvalue weighted by atomic mass is 9.99. The van der Waals surface area contributed by atoms with Gasteiger partial charge in [-0.25, -0.2) is 0 Å². The predicted octanol–water partition coefficient (Wildman–Crippen LogP) is 2.69. The normalized spacial score (nSPS) is 37.5. The number of fused-ring (bicyclic) bond motifs is 3. The van der Waals surface area contributed by atoms with Crippen molar-refractivity contribution in [1.29, 1.82) is 0 Å². The zero-order valence-corrected chi connectivity index (χ0v) is 12.0. The van der Waals surface area contributed by atoms with E-state index in [1.165, 1.54) is 36.3 Å². The summed E-state index contributed by atoms with van der Waals surface area (Å²) in [5.74, 6) is 0. The van der Waals surface area contributed by atoms with E-state index in [4.69, 9.17) is 0 Å². The maximum absolute atomic E-state index is 9.88. The topological polar surface area (TPSA) is 23.5 Å². The SMILES string of the molecule is OC1CC2CCC(C1)N2CC1Cc2ccccc2S1. The molecule has 2 nitrogen and oxygen atoms in total. The van der Waals surface area contributed by atoms with Crippen LogP contribution >= 0.6 is 11.8 Å². The number of hydrogen-bond acceptors (Lipinski definition) is 3. The van der Waals surface area contributed by atoms with Crippen LogP contribution in [0.3, 0.4) is 0 Å². The van der Waals surface area contributed by atoms with Crippen LogP contribution in [0, 0.1) is 0 Å². The first kappa shape index (κ1) is 12.2. The van der Waals surface area contributed by atoms with E-state index in [0.29, 0.717) is 12.1 Å². The maximum atomic E-state index is 9.88. The van der Waals surface area contributed by atoms with Gasteiger partial charge in [-0.05, 0) is 43.7 Å². The zero-order valence-electron chi connectivity index (χ0n) is 11.2. The quantitative estimate of drug-likeness (QED) is 0.897. The molecule has 1 aromatic carbocycles. The van der Waals surface area contributed by atoms with E-state index >= 15 is 0 Å². The van der Waals surface area contributed by atoms with Crippen LogP contribution < -0.4 is 0 Å². The Morgan fingerprint density at radius 1 is 1.16 bits per heavy atom. The third-order valence-electron chi connectivity index (χ3n) is 4.99. The van der Waals surface area contributed by atoms with Gasteiger partial charge >= 0.3 is 0 Å². The fourth-order valence-electron chi connectivity index (χ4n) is 4.13. The lowest BCUT2D eigenvalue weighted by Crippen LogP contribution is -2.47. The molecule has 3 atom stereocenters. The Hall–Kier alpha value is -0.510. The van der Waals surface area contributed by atoms with Crippen molar-refractivity contribution < 1.29 is 5.11 Å². The standard InChI is InChI=1S/C16H21NOS/c18-14-8-12-5-6-13(9-14)17(12)10-15-7-11-3-1-2-4-16(11)19-15/h1-4,12-15,18H,5-10H2. The number of rotatable bonds is 2. The van der Waals surface area contributed by atoms with Crippen LogP contribution in [0.25, 0.3) is 0 Å². The first-order chi connectivity index (χ1) is 9.29. The molecule has 3 heterocycles. The van der Waals surface area contributed by atoms with Crippen LogP contribution in [0.5, 0.6) is 0 Å². The smallest absolute Gasteiger partial charge is 0.0570 e. The molecule has 2 fully saturated rings. The molecule has 1 aromatic rings. The van der Waals surface area contributed by atoms with Gasteiger partial charge in [0.25, 0.3) is 0 Å². The van der Waals surface area contributed by atoms with Gasteiger partial charge in [0.05, 0.1) is 6.10 Å². The van der Waals surface area contributed by atoms with Gasteiger partial charge in [0.1, 0.15) is 0 Å². The summed E-state index contributed by atoms with van der Waals surface area (Å²) in [7, 11) is 0. The van der Waals surface area contributed by atoms with E-state index in [-0.39, 0.29) is 6.10 Å². The summed E-state index contributed by atoms with van der Waals surface area (Å²) in [5.41, 5.74) is 1.53. The van der Waals surface area contributed by atoms with Crippen LogP contribution in [0.1, 0.15) is 31.2 Å². The molecule has 2 bridgehead atoms. The molecule has 3 heteroatoms. The molecule has 0 radical (unpaired) electrons. The lowest BCUT2D eigenvalue weighted by molar-refractivity contribution is 0.0360. The predicted molar refractivity (Wildman–Crippen MR) is 78.5 cm³/mol. The summed E-state index contributed by atoms with van der Waals surface area (Å²) >= 11 is 2.06. The van der Waals surface area contributed by atoms with Gasteiger partial charge in [0, 0.05) is 28.8 Å². The molecule has 19 heavy (non-hydrogen) atoms. The second kappa shape index (κ2) is 4.80. The highest BCUT2D eigenvalue weighted by molar-refractivity contribution is 8.00. The Bertz CT molecular complexity index is 439. The molecule has 0 saturated carbocycles. The summed E-state index contributed by atoms with van der Waals surface area (Å²) < 4.78 is 0. The molecule has 0 amide bonds. The summed E-state index contributed by atoms with van der Waals surface area (Å²) in [6.45, 7) is 1.21. The molecule has 2 saturated heterocycles. The molecule has 3 aliphatic rings. The average Bonchev–Trinajstić information content (AvgIpc) is 2.90. The number of nitrogens with zero attached hydrogens (tertiary/aromatic N) is 1. The monoisotopic (exact) mass is 275 g/mol. The van der Waals surface area contributed by atoms with Gasteiger partial charge in [-0.1, -0.05) is 18.2 Å². The van der Waals surface area contributed by atoms with Crippen molar-refractivity contribution in [3.8, 4) is 0 Å². The molecular formula is C16H21NOS. The van der Waals surface area contributed by atoms with Crippen molar-refractivity contribution in [2.75, 3.05) is 6.54 Å². The number of hydrogen-bond donors (Lipinski definition) is 1. The summed E-state index contributed by atoms with van der Waals surface area (Å²) in [6.07, 6.45) is 5.78. The van der Waals surface area contributed by atoms with Crippen LogP contribution in [-0.4, -0.2) is 40.0 Å². The van der Waals surface area contributed by atoms with Gasteiger partial charge < -0.3 is 5.11 Å². The van der Waals surface area contributed by atoms with E-state index in [0.717, 1.165) is 18.1 Å². The summed E-state index contributed by atoms with van der Waals surface area (Å²) in [4.78, 5) is 4.19. The van der Waals surface area contributed by atoms with Crippen LogP contribution in [0.15, 0.2) is 29.2 Å². The van der Waals surface area contributed by atoms with Crippen molar-refractivity contribution >= 4 is 11.8 Å². The van der Waals surface area contributed by atoms with E-state index in [9.17, 15) is 5.11 Å². The van der Waals surface area contributed by atoms with Crippen molar-refractivity contribution in [2.24, 2.45) is 0 Å². The second-order valence-electron chi connectivity index (χ2n) is 6.26. The maximum Gasteiger partial charge on any atom is 0.0570 e. The van der Waals surface area contributed by atoms with E-state index in [1.54, 1.807) is 0 Å². The molecule has 0 spiro atoms. The van der Waals surface area contributed by atoms with Gasteiger partial charge in [0.2, 0.25) is 0 Å². The third kappa shape index (κ3) is 2.22. The second-order valence-corrected chi connectivity index (χ2v) is 7.60. The minimum atomic E-state index is -0.0396. The molecule has 102 valence electrons. The molecule has 1 N–H and O–H groups in total. The average molecular weight is 275 g/mol. The number of thioether (sulfide) groups is 1. The Balaban J connectivity index is 1.44. The zero-order chi connectivity index (χ0) is 12.8. The highest BCUT2D eigenvalue weighted by Crippen LogP contribution is 2.41. The summed E-state index contributed by atoms with van der Waals surface area (Å²) in [6, 6.07) is 10.1. The van der Waals surface area contributed by atoms with Crippen molar-refractivity contribution in [2.45, 2.75) is 60.4 Å². The number of aliphatic hydroxyl groups is 1. The van der Waals surface area contributed by atoms with Gasteiger partial charge in [-0.15, -0.1) is 11.8 Å². The van der Waals surface area contributed by atoms with Crippen LogP contribution in [-0.2, 0) is 6.42 Å². The Labute approximate surface area is 119 Å². The van der Waals surface area contributed by atoms with Gasteiger partial charge in [-0.3, -0.25) is 4.90 Å². The highest BCUT2D eigenvalue weighted by atomic mass is 32.2. The summed E-state index contributed by atoms with van der Waals surface area (Å²) in [5, 5.41) is 10.6. The van der Waals surface area contributed by atoms with Crippen molar-refractivity contribution in [3.63, 3.8) is 0 Å². The molecule has 0 aliphatic carbocycles. The van der Waals surface area contributed by atoms with E-state index in [1.807, 2.05) is 0 Å². The van der Waals surface area contributed by atoms with Gasteiger partial charge in [0.15, 0.2) is 0 Å². The molecule has 0 aromatic heterocycles. The van der Waals surface area contributed by atoms with Crippen molar-refractivity contribution in [1.82, 2.24) is 4.90 Å². The molecule has 3 unspecified atom stereocenters. The first-order valence-electron chi connectivity index (χ1n) is 7.48. The van der Waals surface area contributed by atoms with E-state index in [2.05, 4.69) is 40.9 Å². The largest absolute Gasteiger partial charge is 0.393 e. The number of benzene rings is 1. The minimum absolute atomic E-state index is 0.0396. The van der Waals surface area contributed by atoms with Crippen LogP contribution in [0.2, 0.25) is 0 Å². The number of piperidine rings is 1. The first-order valence-corrected chi connectivity index (χ1v) is 8.36. The lowest BCUT2D eigenvalue weighted by Gasteiger charge is -2.38. The fourth-order valence-corrected chi connectivity index (χ4v) is 5.46. The third-order valence-corrected chi connectivity index (χ3v) is 6.29. The molecule has 4 rings (SSSR count).